The fraction of sp³-hybridized carbons (Fsp3) is 0.944. The molecule has 0 fully saturated rings. The molecule has 1 amide bonds. The summed E-state index contributed by atoms with van der Waals surface area (Å²) in [4.78, 5) is 11.4. The summed E-state index contributed by atoms with van der Waals surface area (Å²) < 4.78 is 30.0. The van der Waals surface area contributed by atoms with E-state index in [0.717, 1.165) is 6.54 Å². The summed E-state index contributed by atoms with van der Waals surface area (Å²) in [6.07, 6.45) is -1.82. The Balaban J connectivity index is 3.48. The lowest BCUT2D eigenvalue weighted by molar-refractivity contribution is -0.124. The van der Waals surface area contributed by atoms with Crippen LogP contribution in [0.1, 0.15) is 41.5 Å². The minimum absolute atomic E-state index is 0.0323. The molecule has 2 atom stereocenters. The first-order valence-electron chi connectivity index (χ1n) is 9.07. The molecule has 0 heterocycles. The van der Waals surface area contributed by atoms with Gasteiger partial charge in [-0.05, 0) is 27.7 Å². The van der Waals surface area contributed by atoms with Crippen molar-refractivity contribution in [2.24, 2.45) is 5.92 Å². The van der Waals surface area contributed by atoms with E-state index in [2.05, 4.69) is 31.4 Å². The van der Waals surface area contributed by atoms with Crippen molar-refractivity contribution in [1.29, 1.82) is 0 Å². The van der Waals surface area contributed by atoms with Crippen LogP contribution < -0.4 is 10.6 Å². The number of halogens is 1. The highest BCUT2D eigenvalue weighted by molar-refractivity contribution is 5.77. The molecule has 0 aliphatic heterocycles. The minimum Gasteiger partial charge on any atom is -0.378 e. The van der Waals surface area contributed by atoms with E-state index in [-0.39, 0.29) is 23.9 Å². The molecule has 0 rings (SSSR count). The summed E-state index contributed by atoms with van der Waals surface area (Å²) in [6.45, 7) is 14.6. The second kappa shape index (κ2) is 13.4. The summed E-state index contributed by atoms with van der Waals surface area (Å²) in [5.41, 5.74) is 0.0970. The topological polar surface area (TPSA) is 68.8 Å². The molecule has 0 saturated carbocycles. The predicted molar refractivity (Wildman–Crippen MR) is 97.6 cm³/mol. The van der Waals surface area contributed by atoms with Crippen molar-refractivity contribution in [3.05, 3.63) is 0 Å². The summed E-state index contributed by atoms with van der Waals surface area (Å²) in [6, 6.07) is 0. The molecule has 0 aliphatic rings. The minimum atomic E-state index is -1.23. The monoisotopic (exact) mass is 364 g/mol. The first-order chi connectivity index (χ1) is 11.6. The van der Waals surface area contributed by atoms with E-state index in [4.69, 9.17) is 14.2 Å². The van der Waals surface area contributed by atoms with E-state index in [0.29, 0.717) is 33.0 Å². The van der Waals surface area contributed by atoms with Crippen LogP contribution in [0.3, 0.4) is 0 Å². The number of hydrogen-bond acceptors (Lipinski definition) is 5. The Morgan fingerprint density at radius 1 is 1.00 bits per heavy atom. The summed E-state index contributed by atoms with van der Waals surface area (Å²) >= 11 is 0. The van der Waals surface area contributed by atoms with Crippen LogP contribution in [-0.2, 0) is 19.0 Å². The number of amides is 1. The van der Waals surface area contributed by atoms with Gasteiger partial charge in [-0.3, -0.25) is 4.79 Å². The first kappa shape index (κ1) is 24.2. The van der Waals surface area contributed by atoms with Crippen molar-refractivity contribution in [2.75, 3.05) is 46.1 Å². The maximum Gasteiger partial charge on any atom is 0.222 e. The third-order valence-electron chi connectivity index (χ3n) is 3.39. The summed E-state index contributed by atoms with van der Waals surface area (Å²) in [5, 5.41) is 5.89. The molecule has 0 aliphatic carbocycles. The lowest BCUT2D eigenvalue weighted by Crippen LogP contribution is -2.38. The number of carbonyl (C=O) groups is 1. The molecule has 0 spiro atoms. The molecule has 0 bridgehead atoms. The SMILES string of the molecule is CC(C)C(=O)NCC(F)C(C)OCCOCCOCCNC(C)(C)C. The van der Waals surface area contributed by atoms with Gasteiger partial charge in [0.15, 0.2) is 0 Å². The van der Waals surface area contributed by atoms with Crippen LogP contribution in [-0.4, -0.2) is 69.8 Å². The zero-order valence-corrected chi connectivity index (χ0v) is 16.7. The molecular formula is C18H37FN2O4. The number of alkyl halides is 1. The van der Waals surface area contributed by atoms with Crippen molar-refractivity contribution in [1.82, 2.24) is 10.6 Å². The van der Waals surface area contributed by atoms with Crippen molar-refractivity contribution >= 4 is 5.91 Å². The van der Waals surface area contributed by atoms with Gasteiger partial charge in [0.05, 0.1) is 45.7 Å². The predicted octanol–water partition coefficient (Wildman–Crippen LogP) is 1.92. The zero-order valence-electron chi connectivity index (χ0n) is 16.7. The fourth-order valence-electron chi connectivity index (χ4n) is 1.79. The smallest absolute Gasteiger partial charge is 0.222 e. The van der Waals surface area contributed by atoms with Crippen LogP contribution >= 0.6 is 0 Å². The number of rotatable bonds is 14. The lowest BCUT2D eigenvalue weighted by atomic mass is 10.1. The molecule has 0 aromatic rings. The van der Waals surface area contributed by atoms with Gasteiger partial charge in [-0.1, -0.05) is 13.8 Å². The van der Waals surface area contributed by atoms with Crippen molar-refractivity contribution < 1.29 is 23.4 Å². The Morgan fingerprint density at radius 3 is 2.12 bits per heavy atom. The number of nitrogens with one attached hydrogen (secondary N) is 2. The van der Waals surface area contributed by atoms with Gasteiger partial charge in [0.25, 0.3) is 0 Å². The highest BCUT2D eigenvalue weighted by Gasteiger charge is 2.18. The van der Waals surface area contributed by atoms with Crippen LogP contribution in [0.15, 0.2) is 0 Å². The van der Waals surface area contributed by atoms with E-state index in [1.54, 1.807) is 20.8 Å². The molecule has 0 aromatic heterocycles. The van der Waals surface area contributed by atoms with Crippen LogP contribution in [0.2, 0.25) is 0 Å². The van der Waals surface area contributed by atoms with Crippen LogP contribution in [0.4, 0.5) is 4.39 Å². The Bertz CT molecular complexity index is 348. The Kier molecular flexibility index (Phi) is 13.0. The highest BCUT2D eigenvalue weighted by atomic mass is 19.1. The van der Waals surface area contributed by atoms with Crippen molar-refractivity contribution in [3.8, 4) is 0 Å². The maximum absolute atomic E-state index is 13.8. The molecule has 0 radical (unpaired) electrons. The molecule has 7 heteroatoms. The molecule has 0 saturated heterocycles. The number of ether oxygens (including phenoxy) is 3. The Hall–Kier alpha value is -0.760. The summed E-state index contributed by atoms with van der Waals surface area (Å²) in [7, 11) is 0. The number of hydrogen-bond donors (Lipinski definition) is 2. The van der Waals surface area contributed by atoms with E-state index >= 15 is 0 Å². The van der Waals surface area contributed by atoms with Gasteiger partial charge in [0.1, 0.15) is 6.17 Å². The summed E-state index contributed by atoms with van der Waals surface area (Å²) in [5.74, 6) is -0.306. The molecule has 25 heavy (non-hydrogen) atoms. The van der Waals surface area contributed by atoms with Gasteiger partial charge in [-0.25, -0.2) is 4.39 Å². The molecule has 6 nitrogen and oxygen atoms in total. The van der Waals surface area contributed by atoms with Gasteiger partial charge in [-0.2, -0.15) is 0 Å². The first-order valence-corrected chi connectivity index (χ1v) is 9.07. The Morgan fingerprint density at radius 2 is 1.56 bits per heavy atom. The van der Waals surface area contributed by atoms with Gasteiger partial charge in [-0.15, -0.1) is 0 Å². The Labute approximate surface area is 152 Å². The van der Waals surface area contributed by atoms with Crippen LogP contribution in [0, 0.1) is 5.92 Å². The fourth-order valence-corrected chi connectivity index (χ4v) is 1.79. The van der Waals surface area contributed by atoms with E-state index < -0.39 is 12.3 Å². The second-order valence-electron chi connectivity index (χ2n) is 7.39. The van der Waals surface area contributed by atoms with Gasteiger partial charge in [0.2, 0.25) is 5.91 Å². The van der Waals surface area contributed by atoms with Crippen LogP contribution in [0.5, 0.6) is 0 Å². The van der Waals surface area contributed by atoms with Crippen LogP contribution in [0.25, 0.3) is 0 Å². The van der Waals surface area contributed by atoms with E-state index in [1.165, 1.54) is 0 Å². The molecule has 150 valence electrons. The number of carbonyl (C=O) groups excluding carboxylic acids is 1. The van der Waals surface area contributed by atoms with E-state index in [9.17, 15) is 9.18 Å². The maximum atomic E-state index is 13.8. The zero-order chi connectivity index (χ0) is 19.3. The van der Waals surface area contributed by atoms with Crippen molar-refractivity contribution in [2.45, 2.75) is 59.4 Å². The highest BCUT2D eigenvalue weighted by Crippen LogP contribution is 2.03. The van der Waals surface area contributed by atoms with E-state index in [1.807, 2.05) is 0 Å². The lowest BCUT2D eigenvalue weighted by Gasteiger charge is -2.20. The quantitative estimate of drug-likeness (QED) is 0.461. The molecule has 2 unspecified atom stereocenters. The van der Waals surface area contributed by atoms with Gasteiger partial charge >= 0.3 is 0 Å². The largest absolute Gasteiger partial charge is 0.378 e. The molecule has 0 aromatic carbocycles. The average Bonchev–Trinajstić information content (AvgIpc) is 2.52. The third kappa shape index (κ3) is 15.2. The average molecular weight is 365 g/mol. The molecular weight excluding hydrogens is 327 g/mol. The van der Waals surface area contributed by atoms with Gasteiger partial charge < -0.3 is 24.8 Å². The second-order valence-corrected chi connectivity index (χ2v) is 7.39. The molecule has 2 N–H and O–H groups in total. The van der Waals surface area contributed by atoms with Crippen molar-refractivity contribution in [3.63, 3.8) is 0 Å². The normalized spacial score (nSPS) is 14.6. The third-order valence-corrected chi connectivity index (χ3v) is 3.39. The standard InChI is InChI=1S/C18H37FN2O4/c1-14(2)17(22)20-13-16(19)15(3)25-12-11-24-10-9-23-8-7-21-18(4,5)6/h14-16,21H,7-13H2,1-6H3,(H,20,22). The van der Waals surface area contributed by atoms with Gasteiger partial charge in [0, 0.05) is 18.0 Å².